The minimum Gasteiger partial charge on any atom is -0.340 e. The van der Waals surface area contributed by atoms with Gasteiger partial charge in [0.15, 0.2) is 0 Å². The van der Waals surface area contributed by atoms with Crippen LogP contribution in [0.5, 0.6) is 0 Å². The summed E-state index contributed by atoms with van der Waals surface area (Å²) in [6.07, 6.45) is -4.09. The van der Waals surface area contributed by atoms with Crippen LogP contribution in [0, 0.1) is 15.9 Å². The van der Waals surface area contributed by atoms with E-state index in [1.165, 1.54) is 48.3 Å². The molecule has 29 heavy (non-hydrogen) atoms. The number of anilines is 4. The molecule has 0 saturated carbocycles. The van der Waals surface area contributed by atoms with E-state index in [0.29, 0.717) is 11.9 Å². The van der Waals surface area contributed by atoms with Gasteiger partial charge in [0, 0.05) is 36.8 Å². The van der Waals surface area contributed by atoms with Gasteiger partial charge in [0.2, 0.25) is 5.95 Å². The Morgan fingerprint density at radius 3 is 2.24 bits per heavy atom. The number of hydrogen-bond donors (Lipinski definition) is 1. The maximum Gasteiger partial charge on any atom is 0.421 e. The van der Waals surface area contributed by atoms with E-state index in [4.69, 9.17) is 0 Å². The van der Waals surface area contributed by atoms with E-state index in [0.717, 1.165) is 12.1 Å². The predicted octanol–water partition coefficient (Wildman–Crippen LogP) is 5.05. The summed E-state index contributed by atoms with van der Waals surface area (Å²) in [4.78, 5) is 19.2. The van der Waals surface area contributed by atoms with Gasteiger partial charge in [-0.1, -0.05) is 0 Å². The highest BCUT2D eigenvalue weighted by Gasteiger charge is 2.35. The molecule has 0 aliphatic rings. The Labute approximate surface area is 161 Å². The smallest absolute Gasteiger partial charge is 0.340 e. The second kappa shape index (κ2) is 7.70. The van der Waals surface area contributed by atoms with Crippen molar-refractivity contribution in [3.05, 3.63) is 76.2 Å². The Balaban J connectivity index is 1.97. The van der Waals surface area contributed by atoms with E-state index >= 15 is 0 Å². The van der Waals surface area contributed by atoms with Crippen molar-refractivity contribution in [1.82, 2.24) is 9.97 Å². The Morgan fingerprint density at radius 2 is 1.69 bits per heavy atom. The van der Waals surface area contributed by atoms with Gasteiger partial charge in [0.25, 0.3) is 5.69 Å². The first-order chi connectivity index (χ1) is 13.6. The standard InChI is InChI=1S/C18H13F4N5O2/c1-26(13-6-2-11(19)3-7-13)17-23-10-15(18(20,21)22)16(25-17)24-12-4-8-14(9-5-12)27(28)29/h2-10H,1H3,(H,23,24,25). The van der Waals surface area contributed by atoms with E-state index in [1.807, 2.05) is 0 Å². The number of alkyl halides is 3. The number of nitrogens with one attached hydrogen (secondary N) is 1. The summed E-state index contributed by atoms with van der Waals surface area (Å²) in [6.45, 7) is 0. The first-order valence-corrected chi connectivity index (χ1v) is 8.10. The lowest BCUT2D eigenvalue weighted by molar-refractivity contribution is -0.384. The molecule has 2 aromatic carbocycles. The average Bonchev–Trinajstić information content (AvgIpc) is 2.67. The minimum atomic E-state index is -4.73. The molecule has 150 valence electrons. The van der Waals surface area contributed by atoms with Crippen molar-refractivity contribution in [2.75, 3.05) is 17.3 Å². The van der Waals surface area contributed by atoms with Crippen molar-refractivity contribution in [1.29, 1.82) is 0 Å². The highest BCUT2D eigenvalue weighted by atomic mass is 19.4. The van der Waals surface area contributed by atoms with Gasteiger partial charge >= 0.3 is 6.18 Å². The molecule has 0 spiro atoms. The number of nitrogens with zero attached hydrogens (tertiary/aromatic N) is 4. The normalized spacial score (nSPS) is 11.2. The molecule has 0 bridgehead atoms. The van der Waals surface area contributed by atoms with E-state index in [-0.39, 0.29) is 17.3 Å². The summed E-state index contributed by atoms with van der Waals surface area (Å²) in [6, 6.07) is 10.1. The van der Waals surface area contributed by atoms with Gasteiger partial charge < -0.3 is 10.2 Å². The Kier molecular flexibility index (Phi) is 5.31. The van der Waals surface area contributed by atoms with Crippen molar-refractivity contribution < 1.29 is 22.5 Å². The topological polar surface area (TPSA) is 84.2 Å². The zero-order valence-corrected chi connectivity index (χ0v) is 14.8. The molecular formula is C18H13F4N5O2. The van der Waals surface area contributed by atoms with Crippen LogP contribution >= 0.6 is 0 Å². The fourth-order valence-corrected chi connectivity index (χ4v) is 2.42. The van der Waals surface area contributed by atoms with Crippen LogP contribution < -0.4 is 10.2 Å². The zero-order chi connectivity index (χ0) is 21.2. The summed E-state index contributed by atoms with van der Waals surface area (Å²) < 4.78 is 53.2. The lowest BCUT2D eigenvalue weighted by atomic mass is 10.2. The van der Waals surface area contributed by atoms with Crippen LogP contribution in [0.1, 0.15) is 5.56 Å². The van der Waals surface area contributed by atoms with Crippen molar-refractivity contribution in [2.45, 2.75) is 6.18 Å². The maximum atomic E-state index is 13.4. The molecule has 0 aliphatic carbocycles. The highest BCUT2D eigenvalue weighted by Crippen LogP contribution is 2.36. The quantitative estimate of drug-likeness (QED) is 0.362. The molecule has 0 unspecified atom stereocenters. The van der Waals surface area contributed by atoms with E-state index in [2.05, 4.69) is 15.3 Å². The van der Waals surface area contributed by atoms with Crippen LogP contribution in [-0.2, 0) is 6.18 Å². The molecule has 1 heterocycles. The lowest BCUT2D eigenvalue weighted by Crippen LogP contribution is -2.17. The summed E-state index contributed by atoms with van der Waals surface area (Å²) >= 11 is 0. The molecule has 7 nitrogen and oxygen atoms in total. The lowest BCUT2D eigenvalue weighted by Gasteiger charge is -2.20. The first kappa shape index (κ1) is 20.0. The number of nitro groups is 1. The van der Waals surface area contributed by atoms with E-state index < -0.39 is 28.3 Å². The highest BCUT2D eigenvalue weighted by molar-refractivity contribution is 5.64. The number of hydrogen-bond acceptors (Lipinski definition) is 6. The third kappa shape index (κ3) is 4.57. The van der Waals surface area contributed by atoms with Crippen molar-refractivity contribution in [2.24, 2.45) is 0 Å². The molecular weight excluding hydrogens is 394 g/mol. The fourth-order valence-electron chi connectivity index (χ4n) is 2.42. The van der Waals surface area contributed by atoms with Crippen LogP contribution in [0.3, 0.4) is 0 Å². The van der Waals surface area contributed by atoms with Gasteiger partial charge in [-0.25, -0.2) is 9.37 Å². The van der Waals surface area contributed by atoms with Gasteiger partial charge in [-0.05, 0) is 36.4 Å². The van der Waals surface area contributed by atoms with Gasteiger partial charge in [0.05, 0.1) is 4.92 Å². The summed E-state index contributed by atoms with van der Waals surface area (Å²) in [7, 11) is 1.52. The zero-order valence-electron chi connectivity index (χ0n) is 14.8. The fraction of sp³-hybridized carbons (Fsp3) is 0.111. The molecule has 0 fully saturated rings. The van der Waals surface area contributed by atoms with Crippen LogP contribution in [-0.4, -0.2) is 21.9 Å². The molecule has 0 saturated heterocycles. The predicted molar refractivity (Wildman–Crippen MR) is 97.9 cm³/mol. The minimum absolute atomic E-state index is 0.0611. The number of rotatable bonds is 5. The van der Waals surface area contributed by atoms with Crippen LogP contribution in [0.4, 0.5) is 46.4 Å². The summed E-state index contributed by atoms with van der Waals surface area (Å²) in [5.41, 5.74) is -0.666. The molecule has 0 aliphatic heterocycles. The van der Waals surface area contributed by atoms with Crippen molar-refractivity contribution >= 4 is 28.8 Å². The molecule has 0 atom stereocenters. The summed E-state index contributed by atoms with van der Waals surface area (Å²) in [5.74, 6) is -1.05. The number of halogens is 4. The molecule has 0 radical (unpaired) electrons. The average molecular weight is 407 g/mol. The van der Waals surface area contributed by atoms with Gasteiger partial charge in [-0.15, -0.1) is 0 Å². The van der Waals surface area contributed by atoms with Gasteiger partial charge in [-0.3, -0.25) is 10.1 Å². The number of aromatic nitrogens is 2. The second-order valence-electron chi connectivity index (χ2n) is 5.89. The third-order valence-corrected chi connectivity index (χ3v) is 3.94. The van der Waals surface area contributed by atoms with Crippen molar-refractivity contribution in [3.63, 3.8) is 0 Å². The number of benzene rings is 2. The van der Waals surface area contributed by atoms with Crippen LogP contribution in [0.15, 0.2) is 54.7 Å². The second-order valence-corrected chi connectivity index (χ2v) is 5.89. The van der Waals surface area contributed by atoms with Crippen LogP contribution in [0.2, 0.25) is 0 Å². The van der Waals surface area contributed by atoms with E-state index in [1.54, 1.807) is 0 Å². The molecule has 3 rings (SSSR count). The van der Waals surface area contributed by atoms with Gasteiger partial charge in [-0.2, -0.15) is 18.2 Å². The summed E-state index contributed by atoms with van der Waals surface area (Å²) in [5, 5.41) is 13.2. The largest absolute Gasteiger partial charge is 0.421 e. The number of non-ortho nitro benzene ring substituents is 1. The monoisotopic (exact) mass is 407 g/mol. The van der Waals surface area contributed by atoms with Gasteiger partial charge in [0.1, 0.15) is 17.2 Å². The molecule has 3 aromatic rings. The van der Waals surface area contributed by atoms with Crippen LogP contribution in [0.25, 0.3) is 0 Å². The molecule has 0 amide bonds. The molecule has 11 heteroatoms. The van der Waals surface area contributed by atoms with E-state index in [9.17, 15) is 27.7 Å². The number of nitro benzene ring substituents is 1. The Hall–Kier alpha value is -3.76. The first-order valence-electron chi connectivity index (χ1n) is 8.10. The third-order valence-electron chi connectivity index (χ3n) is 3.94. The van der Waals surface area contributed by atoms with Crippen molar-refractivity contribution in [3.8, 4) is 0 Å². The molecule has 1 N–H and O–H groups in total. The maximum absolute atomic E-state index is 13.4. The molecule has 1 aromatic heterocycles. The SMILES string of the molecule is CN(c1ccc(F)cc1)c1ncc(C(F)(F)F)c(Nc2ccc([N+](=O)[O-])cc2)n1. The Morgan fingerprint density at radius 1 is 1.07 bits per heavy atom. The Bertz CT molecular complexity index is 1020.